The Morgan fingerprint density at radius 1 is 1.30 bits per heavy atom. The molecule has 112 valence electrons. The first-order valence-electron chi connectivity index (χ1n) is 7.71. The minimum atomic E-state index is 0.552. The van der Waals surface area contributed by atoms with Crippen LogP contribution in [0.5, 0.6) is 5.75 Å². The lowest BCUT2D eigenvalue weighted by Crippen LogP contribution is -2.35. The highest BCUT2D eigenvalue weighted by Crippen LogP contribution is 2.35. The third kappa shape index (κ3) is 3.14. The molecule has 2 rings (SSSR count). The van der Waals surface area contributed by atoms with Crippen LogP contribution in [-0.4, -0.2) is 36.2 Å². The fourth-order valence-corrected chi connectivity index (χ4v) is 2.93. The average Bonchev–Trinajstić information content (AvgIpc) is 2.72. The summed E-state index contributed by atoms with van der Waals surface area (Å²) >= 11 is 0. The Labute approximate surface area is 121 Å². The Morgan fingerprint density at radius 3 is 2.85 bits per heavy atom. The van der Waals surface area contributed by atoms with Gasteiger partial charge < -0.3 is 15.0 Å². The Balaban J connectivity index is 2.35. The van der Waals surface area contributed by atoms with Gasteiger partial charge in [0.2, 0.25) is 5.75 Å². The van der Waals surface area contributed by atoms with Gasteiger partial charge in [-0.05, 0) is 26.2 Å². The number of hydrogen-bond donors (Lipinski definition) is 1. The van der Waals surface area contributed by atoms with Crippen LogP contribution in [0.3, 0.4) is 0 Å². The van der Waals surface area contributed by atoms with Gasteiger partial charge in [-0.1, -0.05) is 19.8 Å². The smallest absolute Gasteiger partial charge is 0.204 e. The van der Waals surface area contributed by atoms with Gasteiger partial charge in [0, 0.05) is 19.1 Å². The number of nitrogens with zero attached hydrogens (tertiary/aromatic N) is 3. The van der Waals surface area contributed by atoms with E-state index in [2.05, 4.69) is 34.0 Å². The van der Waals surface area contributed by atoms with Crippen LogP contribution in [0.1, 0.15) is 46.0 Å². The molecule has 1 atom stereocenters. The SMILES string of the molecule is CCNc1ncnc(N2CCCCCC2CC)c1OC. The van der Waals surface area contributed by atoms with Gasteiger partial charge in [-0.2, -0.15) is 0 Å². The predicted octanol–water partition coefficient (Wildman–Crippen LogP) is 3.08. The lowest BCUT2D eigenvalue weighted by atomic mass is 10.1. The molecule has 0 saturated carbocycles. The molecule has 5 heteroatoms. The Hall–Kier alpha value is -1.52. The minimum absolute atomic E-state index is 0.552. The maximum absolute atomic E-state index is 5.59. The van der Waals surface area contributed by atoms with E-state index >= 15 is 0 Å². The van der Waals surface area contributed by atoms with Crippen LogP contribution in [-0.2, 0) is 0 Å². The molecule has 1 saturated heterocycles. The third-order valence-electron chi connectivity index (χ3n) is 3.95. The molecule has 0 radical (unpaired) electrons. The number of hydrogen-bond acceptors (Lipinski definition) is 5. The van der Waals surface area contributed by atoms with Crippen molar-refractivity contribution >= 4 is 11.6 Å². The molecule has 0 bridgehead atoms. The van der Waals surface area contributed by atoms with E-state index in [4.69, 9.17) is 4.74 Å². The molecule has 0 aliphatic carbocycles. The highest BCUT2D eigenvalue weighted by atomic mass is 16.5. The molecule has 5 nitrogen and oxygen atoms in total. The molecule has 0 amide bonds. The van der Waals surface area contributed by atoms with E-state index in [1.54, 1.807) is 13.4 Å². The van der Waals surface area contributed by atoms with Crippen LogP contribution in [0.15, 0.2) is 6.33 Å². The summed E-state index contributed by atoms with van der Waals surface area (Å²) in [6.07, 6.45) is 7.85. The third-order valence-corrected chi connectivity index (χ3v) is 3.95. The monoisotopic (exact) mass is 278 g/mol. The Kier molecular flexibility index (Phi) is 5.44. The second kappa shape index (κ2) is 7.31. The van der Waals surface area contributed by atoms with Gasteiger partial charge in [0.1, 0.15) is 6.33 Å². The van der Waals surface area contributed by atoms with Crippen LogP contribution in [0.25, 0.3) is 0 Å². The summed E-state index contributed by atoms with van der Waals surface area (Å²) < 4.78 is 5.59. The largest absolute Gasteiger partial charge is 0.490 e. The van der Waals surface area contributed by atoms with Crippen molar-refractivity contribution in [2.75, 3.05) is 30.4 Å². The van der Waals surface area contributed by atoms with Crippen LogP contribution >= 0.6 is 0 Å². The molecule has 1 aliphatic heterocycles. The first-order chi connectivity index (χ1) is 9.81. The van der Waals surface area contributed by atoms with Crippen LogP contribution in [0, 0.1) is 0 Å². The summed E-state index contributed by atoms with van der Waals surface area (Å²) in [6, 6.07) is 0.552. The quantitative estimate of drug-likeness (QED) is 0.897. The summed E-state index contributed by atoms with van der Waals surface area (Å²) in [5.41, 5.74) is 0. The maximum atomic E-state index is 5.59. The van der Waals surface area contributed by atoms with Crippen LogP contribution in [0.2, 0.25) is 0 Å². The van der Waals surface area contributed by atoms with Crippen molar-refractivity contribution < 1.29 is 4.74 Å². The summed E-state index contributed by atoms with van der Waals surface area (Å²) in [4.78, 5) is 11.2. The number of methoxy groups -OCH3 is 1. The first kappa shape index (κ1) is 14.9. The second-order valence-electron chi connectivity index (χ2n) is 5.21. The molecular weight excluding hydrogens is 252 g/mol. The van der Waals surface area contributed by atoms with Gasteiger partial charge in [-0.15, -0.1) is 0 Å². The lowest BCUT2D eigenvalue weighted by molar-refractivity contribution is 0.409. The van der Waals surface area contributed by atoms with Crippen molar-refractivity contribution in [3.8, 4) is 5.75 Å². The molecule has 2 heterocycles. The van der Waals surface area contributed by atoms with E-state index in [1.807, 2.05) is 0 Å². The topological polar surface area (TPSA) is 50.3 Å². The fraction of sp³-hybridized carbons (Fsp3) is 0.733. The van der Waals surface area contributed by atoms with E-state index in [0.717, 1.165) is 36.9 Å². The molecule has 1 aliphatic rings. The highest BCUT2D eigenvalue weighted by Gasteiger charge is 2.25. The molecule has 1 aromatic rings. The highest BCUT2D eigenvalue weighted by molar-refractivity contribution is 5.65. The minimum Gasteiger partial charge on any atom is -0.490 e. The first-order valence-corrected chi connectivity index (χ1v) is 7.71. The van der Waals surface area contributed by atoms with Gasteiger partial charge in [0.15, 0.2) is 11.6 Å². The van der Waals surface area contributed by atoms with Gasteiger partial charge in [-0.3, -0.25) is 0 Å². The van der Waals surface area contributed by atoms with Gasteiger partial charge >= 0.3 is 0 Å². The van der Waals surface area contributed by atoms with Gasteiger partial charge in [0.25, 0.3) is 0 Å². The Bertz CT molecular complexity index is 424. The van der Waals surface area contributed by atoms with Crippen molar-refractivity contribution in [2.45, 2.75) is 52.0 Å². The van der Waals surface area contributed by atoms with Crippen LogP contribution < -0.4 is 15.0 Å². The van der Waals surface area contributed by atoms with E-state index in [9.17, 15) is 0 Å². The van der Waals surface area contributed by atoms with Gasteiger partial charge in [0.05, 0.1) is 7.11 Å². The zero-order valence-electron chi connectivity index (χ0n) is 12.9. The van der Waals surface area contributed by atoms with Crippen molar-refractivity contribution in [2.24, 2.45) is 0 Å². The fourth-order valence-electron chi connectivity index (χ4n) is 2.93. The summed E-state index contributed by atoms with van der Waals surface area (Å²) in [5, 5.41) is 3.25. The molecule has 1 unspecified atom stereocenters. The van der Waals surface area contributed by atoms with E-state index < -0.39 is 0 Å². The predicted molar refractivity (Wildman–Crippen MR) is 82.6 cm³/mol. The van der Waals surface area contributed by atoms with Crippen molar-refractivity contribution in [1.29, 1.82) is 0 Å². The number of aromatic nitrogens is 2. The number of ether oxygens (including phenoxy) is 1. The number of nitrogens with one attached hydrogen (secondary N) is 1. The molecular formula is C15H26N4O. The summed E-state index contributed by atoms with van der Waals surface area (Å²) in [6.45, 7) is 6.19. The standard InChI is InChI=1S/C15H26N4O/c1-4-12-9-7-6-8-10-19(12)15-13(20-3)14(16-5-2)17-11-18-15/h11-12H,4-10H2,1-3H3,(H,16,17,18). The summed E-state index contributed by atoms with van der Waals surface area (Å²) in [5.74, 6) is 2.50. The Morgan fingerprint density at radius 2 is 2.15 bits per heavy atom. The maximum Gasteiger partial charge on any atom is 0.204 e. The van der Waals surface area contributed by atoms with Crippen molar-refractivity contribution in [3.63, 3.8) is 0 Å². The van der Waals surface area contributed by atoms with E-state index in [1.165, 1.54) is 25.7 Å². The molecule has 20 heavy (non-hydrogen) atoms. The van der Waals surface area contributed by atoms with Crippen molar-refractivity contribution in [3.05, 3.63) is 6.33 Å². The molecule has 0 aromatic carbocycles. The van der Waals surface area contributed by atoms with Crippen LogP contribution in [0.4, 0.5) is 11.6 Å². The van der Waals surface area contributed by atoms with Crippen molar-refractivity contribution in [1.82, 2.24) is 9.97 Å². The zero-order chi connectivity index (χ0) is 14.4. The molecule has 1 fully saturated rings. The average molecular weight is 278 g/mol. The summed E-state index contributed by atoms with van der Waals surface area (Å²) in [7, 11) is 1.70. The zero-order valence-corrected chi connectivity index (χ0v) is 12.9. The van der Waals surface area contributed by atoms with E-state index in [0.29, 0.717) is 6.04 Å². The molecule has 1 N–H and O–H groups in total. The number of rotatable bonds is 5. The number of anilines is 2. The van der Waals surface area contributed by atoms with E-state index in [-0.39, 0.29) is 0 Å². The molecule has 1 aromatic heterocycles. The normalized spacial score (nSPS) is 19.6. The molecule has 0 spiro atoms. The van der Waals surface area contributed by atoms with Gasteiger partial charge in [-0.25, -0.2) is 9.97 Å². The second-order valence-corrected chi connectivity index (χ2v) is 5.21. The lowest BCUT2D eigenvalue weighted by Gasteiger charge is -2.31.